The lowest BCUT2D eigenvalue weighted by Crippen LogP contribution is -1.99. The monoisotopic (exact) mass is 738 g/mol. The van der Waals surface area contributed by atoms with Crippen LogP contribution in [0.25, 0.3) is 93.7 Å². The van der Waals surface area contributed by atoms with Crippen molar-refractivity contribution in [3.63, 3.8) is 0 Å². The van der Waals surface area contributed by atoms with Gasteiger partial charge in [0.2, 0.25) is 0 Å². The third-order valence-corrected chi connectivity index (χ3v) is 11.8. The zero-order valence-corrected chi connectivity index (χ0v) is 31.9. The minimum Gasteiger partial charge on any atom is -0.248 e. The van der Waals surface area contributed by atoms with Crippen LogP contribution in [0, 0.1) is 0 Å². The van der Waals surface area contributed by atoms with E-state index in [4.69, 9.17) is 9.97 Å². The maximum atomic E-state index is 5.52. The van der Waals surface area contributed by atoms with Crippen LogP contribution in [-0.4, -0.2) is 9.97 Å². The summed E-state index contributed by atoms with van der Waals surface area (Å²) in [5.41, 5.74) is 16.0. The summed E-state index contributed by atoms with van der Waals surface area (Å²) in [6.45, 7) is 0. The first-order valence-corrected chi connectivity index (χ1v) is 20.1. The Balaban J connectivity index is 1.08. The molecule has 272 valence electrons. The largest absolute Gasteiger partial charge is 0.248 e. The number of benzene rings is 8. The average Bonchev–Trinajstić information content (AvgIpc) is 3.31. The fourth-order valence-electron chi connectivity index (χ4n) is 8.88. The number of nitrogens with zero attached hydrogens (tertiary/aromatic N) is 2. The maximum Gasteiger partial charge on any atom is 0.0794 e. The Morgan fingerprint density at radius 2 is 0.948 bits per heavy atom. The van der Waals surface area contributed by atoms with Gasteiger partial charge in [0.25, 0.3) is 0 Å². The fourth-order valence-corrected chi connectivity index (χ4v) is 8.88. The molecule has 1 aliphatic carbocycles. The van der Waals surface area contributed by atoms with Crippen LogP contribution in [0.5, 0.6) is 0 Å². The molecule has 1 unspecified atom stereocenters. The first-order valence-electron chi connectivity index (χ1n) is 20.1. The number of fused-ring (bicyclic) bond motifs is 5. The van der Waals surface area contributed by atoms with E-state index in [1.807, 2.05) is 0 Å². The van der Waals surface area contributed by atoms with Gasteiger partial charge in [0.15, 0.2) is 0 Å². The Kier molecular flexibility index (Phi) is 8.33. The van der Waals surface area contributed by atoms with Gasteiger partial charge in [0.05, 0.1) is 22.2 Å². The van der Waals surface area contributed by atoms with Crippen molar-refractivity contribution in [2.24, 2.45) is 0 Å². The van der Waals surface area contributed by atoms with Gasteiger partial charge in [-0.2, -0.15) is 0 Å². The predicted molar refractivity (Wildman–Crippen MR) is 245 cm³/mol. The number of aromatic nitrogens is 2. The molecular weight excluding hydrogens is 701 g/mol. The van der Waals surface area contributed by atoms with Gasteiger partial charge in [0, 0.05) is 38.6 Å². The molecule has 0 N–H and O–H groups in total. The first-order chi connectivity index (χ1) is 28.7. The normalized spacial score (nSPS) is 14.0. The highest BCUT2D eigenvalue weighted by molar-refractivity contribution is 6.15. The summed E-state index contributed by atoms with van der Waals surface area (Å²) in [6.07, 6.45) is 8.07. The second-order valence-corrected chi connectivity index (χ2v) is 15.2. The van der Waals surface area contributed by atoms with Gasteiger partial charge in [0.1, 0.15) is 0 Å². The molecule has 0 bridgehead atoms. The van der Waals surface area contributed by atoms with E-state index in [9.17, 15) is 0 Å². The Hall–Kier alpha value is -7.42. The van der Waals surface area contributed by atoms with Crippen molar-refractivity contribution in [3.8, 4) is 44.6 Å². The topological polar surface area (TPSA) is 25.8 Å². The lowest BCUT2D eigenvalue weighted by atomic mass is 9.85. The Morgan fingerprint density at radius 1 is 0.397 bits per heavy atom. The van der Waals surface area contributed by atoms with Crippen molar-refractivity contribution in [2.75, 3.05) is 0 Å². The molecule has 2 heteroatoms. The van der Waals surface area contributed by atoms with E-state index in [1.165, 1.54) is 49.9 Å². The molecule has 0 aliphatic heterocycles. The molecule has 0 saturated carbocycles. The molecule has 2 heterocycles. The molecule has 8 aromatic carbocycles. The highest BCUT2D eigenvalue weighted by Gasteiger charge is 2.19. The van der Waals surface area contributed by atoms with Gasteiger partial charge in [-0.3, -0.25) is 0 Å². The summed E-state index contributed by atoms with van der Waals surface area (Å²) in [7, 11) is 0. The number of para-hydroxylation sites is 2. The van der Waals surface area contributed by atoms with Gasteiger partial charge >= 0.3 is 0 Å². The molecule has 2 nitrogen and oxygen atoms in total. The zero-order chi connectivity index (χ0) is 38.4. The molecule has 58 heavy (non-hydrogen) atoms. The Morgan fingerprint density at radius 3 is 1.62 bits per heavy atom. The number of hydrogen-bond donors (Lipinski definition) is 0. The lowest BCUT2D eigenvalue weighted by Gasteiger charge is -2.20. The molecule has 0 radical (unpaired) electrons. The highest BCUT2D eigenvalue weighted by Crippen LogP contribution is 2.42. The van der Waals surface area contributed by atoms with E-state index < -0.39 is 0 Å². The van der Waals surface area contributed by atoms with Gasteiger partial charge in [-0.05, 0) is 80.6 Å². The molecule has 0 saturated heterocycles. The SMILES string of the molecule is C1=CC(c2ccccc2)CC=C1c1cc2c(-c3ccc(-c4ccccc4)cc3)cc(-c3ccc(-c4c5ccccc5nc5ccccc45)cc3)nc2c2ccccc12. The van der Waals surface area contributed by atoms with Crippen molar-refractivity contribution in [1.29, 1.82) is 0 Å². The van der Waals surface area contributed by atoms with E-state index >= 15 is 0 Å². The fraction of sp³-hybridized carbons (Fsp3) is 0.0357. The number of rotatable bonds is 6. The number of allylic oxidation sites excluding steroid dienone is 4. The van der Waals surface area contributed by atoms with Crippen LogP contribution in [-0.2, 0) is 0 Å². The van der Waals surface area contributed by atoms with Crippen LogP contribution >= 0.6 is 0 Å². The third-order valence-electron chi connectivity index (χ3n) is 11.8. The second kappa shape index (κ2) is 14.3. The molecule has 0 fully saturated rings. The summed E-state index contributed by atoms with van der Waals surface area (Å²) in [6, 6.07) is 69.7. The molecule has 1 atom stereocenters. The minimum absolute atomic E-state index is 0.377. The summed E-state index contributed by atoms with van der Waals surface area (Å²) in [5.74, 6) is 0.377. The first kappa shape index (κ1) is 33.9. The summed E-state index contributed by atoms with van der Waals surface area (Å²) in [4.78, 5) is 10.5. The van der Waals surface area contributed by atoms with Crippen molar-refractivity contribution < 1.29 is 0 Å². The Labute approximate surface area is 338 Å². The van der Waals surface area contributed by atoms with E-state index in [0.29, 0.717) is 5.92 Å². The van der Waals surface area contributed by atoms with Gasteiger partial charge in [-0.1, -0.05) is 188 Å². The summed E-state index contributed by atoms with van der Waals surface area (Å²) < 4.78 is 0. The van der Waals surface area contributed by atoms with E-state index in [-0.39, 0.29) is 0 Å². The molecule has 10 aromatic rings. The molecule has 0 amide bonds. The third kappa shape index (κ3) is 5.98. The quantitative estimate of drug-likeness (QED) is 0.125. The van der Waals surface area contributed by atoms with Crippen molar-refractivity contribution in [3.05, 3.63) is 223 Å². The van der Waals surface area contributed by atoms with Crippen LogP contribution in [0.1, 0.15) is 23.5 Å². The Bertz CT molecular complexity index is 3160. The lowest BCUT2D eigenvalue weighted by molar-refractivity contribution is 0.857. The minimum atomic E-state index is 0.377. The number of pyridine rings is 2. The number of hydrogen-bond acceptors (Lipinski definition) is 2. The van der Waals surface area contributed by atoms with Crippen LogP contribution < -0.4 is 0 Å². The van der Waals surface area contributed by atoms with Crippen molar-refractivity contribution >= 4 is 49.1 Å². The van der Waals surface area contributed by atoms with Crippen LogP contribution in [0.3, 0.4) is 0 Å². The van der Waals surface area contributed by atoms with Crippen molar-refractivity contribution in [1.82, 2.24) is 9.97 Å². The molecule has 11 rings (SSSR count). The van der Waals surface area contributed by atoms with Gasteiger partial charge in [-0.15, -0.1) is 0 Å². The zero-order valence-electron chi connectivity index (χ0n) is 31.9. The molecule has 1 aliphatic rings. The standard InChI is InChI=1S/C56H38N2/c1-3-13-37(14-4-1)39-23-27-41(28-24-39)49-35-51-50(42-29-25-40(26-30-42)38-15-5-2-6-16-38)36-54(58-56(51)46-18-8-7-17-45(46)49)43-31-33-44(34-32-43)55-47-19-9-11-21-52(47)57-53-22-12-10-20-48(53)55/h1-23,25-36,39H,24H2. The molecular formula is C56H38N2. The van der Waals surface area contributed by atoms with Gasteiger partial charge in [-0.25, -0.2) is 9.97 Å². The summed E-state index contributed by atoms with van der Waals surface area (Å²) in [5, 5.41) is 5.83. The van der Waals surface area contributed by atoms with E-state index in [1.54, 1.807) is 0 Å². The predicted octanol–water partition coefficient (Wildman–Crippen LogP) is 14.9. The van der Waals surface area contributed by atoms with Crippen LogP contribution in [0.4, 0.5) is 0 Å². The van der Waals surface area contributed by atoms with E-state index in [0.717, 1.165) is 61.3 Å². The molecule has 2 aromatic heterocycles. The summed E-state index contributed by atoms with van der Waals surface area (Å²) >= 11 is 0. The molecule has 0 spiro atoms. The average molecular weight is 739 g/mol. The van der Waals surface area contributed by atoms with Crippen LogP contribution in [0.2, 0.25) is 0 Å². The van der Waals surface area contributed by atoms with Crippen molar-refractivity contribution in [2.45, 2.75) is 12.3 Å². The second-order valence-electron chi connectivity index (χ2n) is 15.2. The van der Waals surface area contributed by atoms with Gasteiger partial charge < -0.3 is 0 Å². The maximum absolute atomic E-state index is 5.52. The highest BCUT2D eigenvalue weighted by atomic mass is 14.7. The van der Waals surface area contributed by atoms with Crippen LogP contribution in [0.15, 0.2) is 212 Å². The van der Waals surface area contributed by atoms with E-state index in [2.05, 4.69) is 212 Å². The smallest absolute Gasteiger partial charge is 0.0794 e.